The molecule has 0 atom stereocenters. The van der Waals surface area contributed by atoms with Crippen LogP contribution in [0, 0.1) is 0 Å². The molecule has 1 N–H and O–H groups in total. The van der Waals surface area contributed by atoms with Gasteiger partial charge in [0.05, 0.1) is 0 Å². The number of hydrogen-bond donors (Lipinski definition) is 1. The van der Waals surface area contributed by atoms with Gasteiger partial charge in [-0.15, -0.1) is 0 Å². The van der Waals surface area contributed by atoms with Crippen molar-refractivity contribution in [3.63, 3.8) is 0 Å². The van der Waals surface area contributed by atoms with Gasteiger partial charge in [-0.1, -0.05) is 0 Å². The fraction of sp³-hybridized carbons (Fsp3) is 0. The first kappa shape index (κ1) is 16.0. The first-order chi connectivity index (χ1) is 8.58. The zero-order valence-electron chi connectivity index (χ0n) is 8.77. The summed E-state index contributed by atoms with van der Waals surface area (Å²) in [5.41, 5.74) is 0. The molecule has 4 radical (unpaired) electrons. The Kier molecular flexibility index (Phi) is 7.91. The van der Waals surface area contributed by atoms with Crippen LogP contribution in [0.15, 0.2) is 45.2 Å². The Morgan fingerprint density at radius 1 is 1.17 bits per heavy atom. The number of H-pyrrole nitrogens is 1. The molecular formula is C9H6N4OSe4. The van der Waals surface area contributed by atoms with Crippen molar-refractivity contribution in [1.29, 1.82) is 0 Å². The number of aromatic amines is 1. The minimum absolute atomic E-state index is 0.363. The van der Waals surface area contributed by atoms with Gasteiger partial charge in [0.2, 0.25) is 0 Å². The molecular weight excluding hydrogens is 496 g/mol. The fourth-order valence-corrected chi connectivity index (χ4v) is 1.58. The average molecular weight is 502 g/mol. The third-order valence-electron chi connectivity index (χ3n) is 1.40. The van der Waals surface area contributed by atoms with Crippen LogP contribution in [0.4, 0.5) is 11.8 Å². The van der Waals surface area contributed by atoms with Crippen molar-refractivity contribution >= 4 is 82.9 Å². The third-order valence-corrected chi connectivity index (χ3v) is 2.17. The van der Waals surface area contributed by atoms with Crippen LogP contribution in [-0.4, -0.2) is 81.0 Å². The molecule has 0 aliphatic heterocycles. The van der Waals surface area contributed by atoms with Crippen LogP contribution in [0.2, 0.25) is 0 Å². The van der Waals surface area contributed by atoms with Crippen LogP contribution < -0.4 is 0 Å². The molecule has 0 aliphatic rings. The predicted octanol–water partition coefficient (Wildman–Crippen LogP) is 0.338. The predicted molar refractivity (Wildman–Crippen MR) is 74.5 cm³/mol. The number of nitrogens with one attached hydrogen (secondary N) is 1. The Morgan fingerprint density at radius 2 is 1.89 bits per heavy atom. The van der Waals surface area contributed by atoms with Crippen molar-refractivity contribution in [2.75, 3.05) is 0 Å². The first-order valence-corrected chi connectivity index (χ1v) is 7.89. The van der Waals surface area contributed by atoms with E-state index in [4.69, 9.17) is 4.42 Å². The Hall–Kier alpha value is -0.0921. The molecule has 0 saturated carbocycles. The summed E-state index contributed by atoms with van der Waals surface area (Å²) in [6.45, 7) is 0. The summed E-state index contributed by atoms with van der Waals surface area (Å²) < 4.78 is 6.31. The Morgan fingerprint density at radius 3 is 2.33 bits per heavy atom. The van der Waals surface area contributed by atoms with Crippen molar-refractivity contribution < 1.29 is 4.42 Å². The number of aliphatic imine (C=N–C) groups is 2. The van der Waals surface area contributed by atoms with E-state index in [-0.39, 0.29) is 0 Å². The maximum absolute atomic E-state index is 4.81. The summed E-state index contributed by atoms with van der Waals surface area (Å²) in [5, 5.41) is 0. The standard InChI is InChI=1S/C5H4N2Se2.C4H2N2OSe2/c8-5(9)7-4-2-1-3-6-4;8-4(9)6-3-5-1-2-7-3/h1-3,6H;1-2H. The van der Waals surface area contributed by atoms with Gasteiger partial charge in [0.15, 0.2) is 0 Å². The number of aromatic nitrogens is 2. The van der Waals surface area contributed by atoms with E-state index < -0.39 is 0 Å². The normalized spacial score (nSPS) is 8.89. The molecule has 0 amide bonds. The number of oxazole rings is 1. The quantitative estimate of drug-likeness (QED) is 0.476. The second-order valence-corrected chi connectivity index (χ2v) is 8.49. The Bertz CT molecular complexity index is 450. The summed E-state index contributed by atoms with van der Waals surface area (Å²) in [6, 6.07) is 4.17. The molecule has 9 heteroatoms. The van der Waals surface area contributed by atoms with Gasteiger partial charge >= 0.3 is 138 Å². The Labute approximate surface area is 137 Å². The van der Waals surface area contributed by atoms with Gasteiger partial charge in [-0.3, -0.25) is 0 Å². The van der Waals surface area contributed by atoms with Gasteiger partial charge in [-0.2, -0.15) is 0 Å². The van der Waals surface area contributed by atoms with Crippen molar-refractivity contribution in [2.45, 2.75) is 0 Å². The van der Waals surface area contributed by atoms with E-state index in [2.05, 4.69) is 84.0 Å². The van der Waals surface area contributed by atoms with Crippen molar-refractivity contribution in [2.24, 2.45) is 9.98 Å². The van der Waals surface area contributed by atoms with Gasteiger partial charge in [0.25, 0.3) is 0 Å². The van der Waals surface area contributed by atoms with Gasteiger partial charge in [-0.05, 0) is 0 Å². The summed E-state index contributed by atoms with van der Waals surface area (Å²) in [6.07, 6.45) is 4.85. The van der Waals surface area contributed by atoms with Crippen molar-refractivity contribution in [3.8, 4) is 0 Å². The van der Waals surface area contributed by atoms with Crippen LogP contribution in [0.3, 0.4) is 0 Å². The molecule has 2 aromatic heterocycles. The van der Waals surface area contributed by atoms with Crippen LogP contribution in [0.25, 0.3) is 0 Å². The van der Waals surface area contributed by atoms with Crippen molar-refractivity contribution in [1.82, 2.24) is 9.97 Å². The first-order valence-electron chi connectivity index (χ1n) is 4.46. The molecule has 0 aliphatic carbocycles. The molecule has 2 heterocycles. The monoisotopic (exact) mass is 506 g/mol. The topological polar surface area (TPSA) is 66.5 Å². The molecule has 0 spiro atoms. The summed E-state index contributed by atoms with van der Waals surface area (Å²) in [5.74, 6) is 0.863. The van der Waals surface area contributed by atoms with E-state index in [1.54, 1.807) is 6.20 Å². The number of rotatable bonds is 2. The van der Waals surface area contributed by atoms with Gasteiger partial charge in [0.1, 0.15) is 0 Å². The van der Waals surface area contributed by atoms with Crippen LogP contribution >= 0.6 is 0 Å². The van der Waals surface area contributed by atoms with E-state index in [0.29, 0.717) is 9.52 Å². The van der Waals surface area contributed by atoms with Crippen LogP contribution in [-0.2, 0) is 0 Å². The van der Waals surface area contributed by atoms with Gasteiger partial charge in [0, 0.05) is 0 Å². The molecule has 92 valence electrons. The summed E-state index contributed by atoms with van der Waals surface area (Å²) in [4.78, 5) is 14.6. The molecule has 0 bridgehead atoms. The zero-order valence-corrected chi connectivity index (χ0v) is 15.6. The molecule has 0 saturated heterocycles. The van der Waals surface area contributed by atoms with E-state index in [0.717, 1.165) is 9.33 Å². The number of hydrogen-bond acceptors (Lipinski definition) is 4. The van der Waals surface area contributed by atoms with Gasteiger partial charge in [-0.25, -0.2) is 0 Å². The number of nitrogens with zero attached hydrogens (tertiary/aromatic N) is 3. The second kappa shape index (κ2) is 8.91. The summed E-state index contributed by atoms with van der Waals surface area (Å²) in [7, 11) is 0. The average Bonchev–Trinajstić information content (AvgIpc) is 2.90. The Balaban J connectivity index is 0.000000180. The fourth-order valence-electron chi connectivity index (χ4n) is 0.838. The van der Waals surface area contributed by atoms with E-state index in [1.165, 1.54) is 6.26 Å². The van der Waals surface area contributed by atoms with Crippen molar-refractivity contribution in [3.05, 3.63) is 30.8 Å². The third kappa shape index (κ3) is 7.37. The molecule has 2 rings (SSSR count). The second-order valence-electron chi connectivity index (χ2n) is 2.63. The molecule has 5 nitrogen and oxygen atoms in total. The maximum atomic E-state index is 4.81. The van der Waals surface area contributed by atoms with E-state index >= 15 is 0 Å². The molecule has 0 fully saturated rings. The molecule has 2 aromatic rings. The molecule has 18 heavy (non-hydrogen) atoms. The molecule has 0 aromatic carbocycles. The van der Waals surface area contributed by atoms with E-state index in [9.17, 15) is 0 Å². The zero-order chi connectivity index (χ0) is 13.4. The summed E-state index contributed by atoms with van der Waals surface area (Å²) >= 11 is 10.9. The van der Waals surface area contributed by atoms with Gasteiger partial charge < -0.3 is 0 Å². The van der Waals surface area contributed by atoms with Crippen LogP contribution in [0.5, 0.6) is 0 Å². The molecule has 0 unspecified atom stereocenters. The SMILES string of the molecule is [Se]C([Se])=Nc1ccc[nH]1.[Se]C([Se])=Nc1ncco1. The minimum atomic E-state index is 0.363. The van der Waals surface area contributed by atoms with E-state index in [1.807, 2.05) is 18.3 Å². The van der Waals surface area contributed by atoms with Crippen LogP contribution in [0.1, 0.15) is 0 Å².